The molecule has 0 radical (unpaired) electrons. The first-order valence-electron chi connectivity index (χ1n) is 8.62. The Bertz CT molecular complexity index is 950. The molecule has 0 aromatic heterocycles. The second-order valence-corrected chi connectivity index (χ2v) is 6.52. The number of halogens is 3. The van der Waals surface area contributed by atoms with E-state index in [0.717, 1.165) is 36.5 Å². The van der Waals surface area contributed by atoms with E-state index in [1.54, 1.807) is 12.3 Å². The third-order valence-electron chi connectivity index (χ3n) is 4.64. The lowest BCUT2D eigenvalue weighted by molar-refractivity contribution is -0.137. The summed E-state index contributed by atoms with van der Waals surface area (Å²) in [6.45, 7) is 1.77. The van der Waals surface area contributed by atoms with Crippen molar-refractivity contribution < 1.29 is 13.2 Å². The quantitative estimate of drug-likeness (QED) is 0.521. The molecule has 3 aromatic rings. The third kappa shape index (κ3) is 3.87. The zero-order valence-corrected chi connectivity index (χ0v) is 14.4. The first-order valence-corrected chi connectivity index (χ1v) is 8.62. The fourth-order valence-corrected chi connectivity index (χ4v) is 3.20. The minimum absolute atomic E-state index is 0.281. The van der Waals surface area contributed by atoms with Crippen molar-refractivity contribution in [1.29, 1.82) is 0 Å². The van der Waals surface area contributed by atoms with E-state index in [-0.39, 0.29) is 5.69 Å². The van der Waals surface area contributed by atoms with Gasteiger partial charge >= 0.3 is 6.18 Å². The van der Waals surface area contributed by atoms with Gasteiger partial charge in [0.2, 0.25) is 0 Å². The normalized spacial score (nSPS) is 14.0. The van der Waals surface area contributed by atoms with Crippen LogP contribution >= 0.6 is 0 Å². The van der Waals surface area contributed by atoms with E-state index in [0.29, 0.717) is 0 Å². The summed E-state index contributed by atoms with van der Waals surface area (Å²) < 4.78 is 38.3. The molecule has 0 amide bonds. The summed E-state index contributed by atoms with van der Waals surface area (Å²) in [4.78, 5) is 6.46. The molecule has 0 saturated heterocycles. The lowest BCUT2D eigenvalue weighted by Crippen LogP contribution is -2.14. The first-order chi connectivity index (χ1) is 13.0. The summed E-state index contributed by atoms with van der Waals surface area (Å²) in [6.07, 6.45) is -2.78. The summed E-state index contributed by atoms with van der Waals surface area (Å²) in [5.41, 5.74) is 4.22. The Balaban J connectivity index is 1.47. The summed E-state index contributed by atoms with van der Waals surface area (Å²) in [6, 6.07) is 21.3. The number of alkyl halides is 3. The number of aliphatic imine (C=N–C) groups is 1. The van der Waals surface area contributed by atoms with E-state index in [4.69, 9.17) is 0 Å². The SMILES string of the molecule is FC(F)(F)c1cccc(N=Cc2ccc(N3Cc4ccccc4C3)cc2)c1. The molecule has 136 valence electrons. The number of fused-ring (bicyclic) bond motifs is 1. The maximum atomic E-state index is 12.8. The molecule has 3 aromatic carbocycles. The Labute approximate surface area is 155 Å². The van der Waals surface area contributed by atoms with E-state index >= 15 is 0 Å². The fourth-order valence-electron chi connectivity index (χ4n) is 3.20. The molecule has 1 aliphatic rings. The Kier molecular flexibility index (Phi) is 4.44. The molecule has 0 aliphatic carbocycles. The second-order valence-electron chi connectivity index (χ2n) is 6.52. The highest BCUT2D eigenvalue weighted by atomic mass is 19.4. The van der Waals surface area contributed by atoms with E-state index in [9.17, 15) is 13.2 Å². The van der Waals surface area contributed by atoms with Gasteiger partial charge in [0, 0.05) is 25.0 Å². The Hall–Kier alpha value is -3.08. The van der Waals surface area contributed by atoms with Crippen LogP contribution in [0.5, 0.6) is 0 Å². The zero-order valence-electron chi connectivity index (χ0n) is 14.4. The van der Waals surface area contributed by atoms with E-state index in [1.807, 2.05) is 24.3 Å². The Morgan fingerprint density at radius 2 is 1.48 bits per heavy atom. The lowest BCUT2D eigenvalue weighted by Gasteiger charge is -2.17. The van der Waals surface area contributed by atoms with Crippen LogP contribution in [-0.4, -0.2) is 6.21 Å². The van der Waals surface area contributed by atoms with Gasteiger partial charge in [-0.3, -0.25) is 4.99 Å². The van der Waals surface area contributed by atoms with Gasteiger partial charge in [-0.15, -0.1) is 0 Å². The predicted octanol–water partition coefficient (Wildman–Crippen LogP) is 5.98. The van der Waals surface area contributed by atoms with Crippen molar-refractivity contribution in [2.75, 3.05) is 4.90 Å². The Morgan fingerprint density at radius 3 is 2.11 bits per heavy atom. The summed E-state index contributed by atoms with van der Waals surface area (Å²) in [5.74, 6) is 0. The van der Waals surface area contributed by atoms with Crippen molar-refractivity contribution in [3.8, 4) is 0 Å². The van der Waals surface area contributed by atoms with Gasteiger partial charge in [0.05, 0.1) is 11.3 Å². The van der Waals surface area contributed by atoms with Gasteiger partial charge in [0.25, 0.3) is 0 Å². The molecule has 2 nitrogen and oxygen atoms in total. The van der Waals surface area contributed by atoms with Crippen molar-refractivity contribution >= 4 is 17.6 Å². The number of hydrogen-bond donors (Lipinski definition) is 0. The van der Waals surface area contributed by atoms with Crippen LogP contribution in [-0.2, 0) is 19.3 Å². The van der Waals surface area contributed by atoms with Crippen LogP contribution in [0.4, 0.5) is 24.5 Å². The topological polar surface area (TPSA) is 15.6 Å². The molecular weight excluding hydrogens is 349 g/mol. The Morgan fingerprint density at radius 1 is 0.815 bits per heavy atom. The minimum Gasteiger partial charge on any atom is -0.363 e. The van der Waals surface area contributed by atoms with Crippen LogP contribution in [0.2, 0.25) is 0 Å². The second kappa shape index (κ2) is 6.91. The van der Waals surface area contributed by atoms with Gasteiger partial charge < -0.3 is 4.90 Å². The third-order valence-corrected chi connectivity index (χ3v) is 4.64. The molecule has 5 heteroatoms. The fraction of sp³-hybridized carbons (Fsp3) is 0.136. The molecule has 1 aliphatic heterocycles. The molecular formula is C22H17F3N2. The molecule has 0 unspecified atom stereocenters. The molecule has 1 heterocycles. The summed E-state index contributed by atoms with van der Waals surface area (Å²) in [5, 5.41) is 0. The van der Waals surface area contributed by atoms with Crippen molar-refractivity contribution in [1.82, 2.24) is 0 Å². The van der Waals surface area contributed by atoms with Gasteiger partial charge in [-0.1, -0.05) is 42.5 Å². The van der Waals surface area contributed by atoms with Gasteiger partial charge in [-0.05, 0) is 47.0 Å². The molecule has 0 N–H and O–H groups in total. The average Bonchev–Trinajstić information content (AvgIpc) is 3.10. The zero-order chi connectivity index (χ0) is 18.9. The van der Waals surface area contributed by atoms with Gasteiger partial charge in [0.1, 0.15) is 0 Å². The lowest BCUT2D eigenvalue weighted by atomic mass is 10.1. The molecule has 4 rings (SSSR count). The van der Waals surface area contributed by atoms with Gasteiger partial charge in [-0.2, -0.15) is 13.2 Å². The van der Waals surface area contributed by atoms with Crippen molar-refractivity contribution in [3.63, 3.8) is 0 Å². The van der Waals surface area contributed by atoms with Crippen molar-refractivity contribution in [2.24, 2.45) is 4.99 Å². The largest absolute Gasteiger partial charge is 0.416 e. The van der Waals surface area contributed by atoms with Crippen molar-refractivity contribution in [2.45, 2.75) is 19.3 Å². The number of benzene rings is 3. The predicted molar refractivity (Wildman–Crippen MR) is 101 cm³/mol. The van der Waals surface area contributed by atoms with Crippen LogP contribution in [0.15, 0.2) is 77.8 Å². The molecule has 0 atom stereocenters. The van der Waals surface area contributed by atoms with E-state index in [2.05, 4.69) is 34.2 Å². The minimum atomic E-state index is -4.36. The molecule has 0 fully saturated rings. The maximum absolute atomic E-state index is 12.8. The van der Waals surface area contributed by atoms with Crippen LogP contribution in [0, 0.1) is 0 Å². The highest BCUT2D eigenvalue weighted by molar-refractivity contribution is 5.82. The number of rotatable bonds is 3. The van der Waals surface area contributed by atoms with E-state index < -0.39 is 11.7 Å². The van der Waals surface area contributed by atoms with Crippen molar-refractivity contribution in [3.05, 3.63) is 95.1 Å². The van der Waals surface area contributed by atoms with Gasteiger partial charge in [0.15, 0.2) is 0 Å². The summed E-state index contributed by atoms with van der Waals surface area (Å²) >= 11 is 0. The molecule has 0 bridgehead atoms. The maximum Gasteiger partial charge on any atom is 0.416 e. The highest BCUT2D eigenvalue weighted by Gasteiger charge is 2.30. The van der Waals surface area contributed by atoms with E-state index in [1.165, 1.54) is 17.2 Å². The van der Waals surface area contributed by atoms with Crippen LogP contribution < -0.4 is 4.90 Å². The number of hydrogen-bond acceptors (Lipinski definition) is 2. The number of nitrogens with zero attached hydrogens (tertiary/aromatic N) is 2. The monoisotopic (exact) mass is 366 g/mol. The number of anilines is 1. The molecule has 0 saturated carbocycles. The standard InChI is InChI=1S/C22H17F3N2/c23-22(24,25)19-6-3-7-20(12-19)26-13-16-8-10-21(11-9-16)27-14-17-4-1-2-5-18(17)15-27/h1-13H,14-15H2. The molecule has 27 heavy (non-hydrogen) atoms. The van der Waals surface area contributed by atoms with Gasteiger partial charge in [-0.25, -0.2) is 0 Å². The van der Waals surface area contributed by atoms with Crippen LogP contribution in [0.1, 0.15) is 22.3 Å². The highest BCUT2D eigenvalue weighted by Crippen LogP contribution is 2.31. The average molecular weight is 366 g/mol. The smallest absolute Gasteiger partial charge is 0.363 e. The summed E-state index contributed by atoms with van der Waals surface area (Å²) in [7, 11) is 0. The first kappa shape index (κ1) is 17.3. The molecule has 0 spiro atoms. The van der Waals surface area contributed by atoms with Crippen LogP contribution in [0.3, 0.4) is 0 Å². The van der Waals surface area contributed by atoms with Crippen LogP contribution in [0.25, 0.3) is 0 Å².